The maximum Gasteiger partial charge on any atom is 0.244 e. The molecule has 5 nitrogen and oxygen atoms in total. The predicted molar refractivity (Wildman–Crippen MR) is 77.0 cm³/mol. The van der Waals surface area contributed by atoms with Gasteiger partial charge in [-0.25, -0.2) is 12.7 Å². The van der Waals surface area contributed by atoms with Gasteiger partial charge in [0.15, 0.2) is 0 Å². The average Bonchev–Trinajstić information content (AvgIpc) is 2.91. The number of rotatable bonds is 4. The van der Waals surface area contributed by atoms with Gasteiger partial charge in [-0.1, -0.05) is 12.1 Å². The summed E-state index contributed by atoms with van der Waals surface area (Å²) < 4.78 is 26.0. The highest BCUT2D eigenvalue weighted by Crippen LogP contribution is 2.28. The monoisotopic (exact) mass is 283 g/mol. The molecule has 0 aromatic heterocycles. The minimum Gasteiger partial charge on any atom is -0.369 e. The van der Waals surface area contributed by atoms with Gasteiger partial charge >= 0.3 is 0 Å². The van der Waals surface area contributed by atoms with Crippen LogP contribution in [0.5, 0.6) is 0 Å². The quantitative estimate of drug-likeness (QED) is 0.885. The maximum absolute atomic E-state index is 12.4. The Labute approximate surface area is 115 Å². The Hall–Kier alpha value is -1.11. The second-order valence-corrected chi connectivity index (χ2v) is 7.13. The molecule has 1 unspecified atom stereocenters. The van der Waals surface area contributed by atoms with Gasteiger partial charge in [0.05, 0.1) is 5.69 Å². The second-order valence-electron chi connectivity index (χ2n) is 5.01. The zero-order valence-electron chi connectivity index (χ0n) is 11.6. The number of hydrogen-bond donors (Lipinski definition) is 1. The van der Waals surface area contributed by atoms with E-state index in [0.29, 0.717) is 10.9 Å². The van der Waals surface area contributed by atoms with Crippen LogP contribution in [0, 0.1) is 0 Å². The van der Waals surface area contributed by atoms with E-state index in [-0.39, 0.29) is 0 Å². The molecule has 0 saturated carbocycles. The molecule has 0 amide bonds. The minimum atomic E-state index is -3.41. The summed E-state index contributed by atoms with van der Waals surface area (Å²) in [6, 6.07) is 7.53. The van der Waals surface area contributed by atoms with Crippen molar-refractivity contribution < 1.29 is 8.42 Å². The first-order chi connectivity index (χ1) is 8.94. The van der Waals surface area contributed by atoms with Crippen LogP contribution >= 0.6 is 0 Å². The summed E-state index contributed by atoms with van der Waals surface area (Å²) in [5, 5.41) is 3.30. The molecule has 1 atom stereocenters. The first-order valence-electron chi connectivity index (χ1n) is 6.39. The van der Waals surface area contributed by atoms with Crippen molar-refractivity contribution in [3.8, 4) is 0 Å². The first-order valence-corrected chi connectivity index (χ1v) is 7.83. The Balaban J connectivity index is 2.41. The fourth-order valence-electron chi connectivity index (χ4n) is 2.33. The van der Waals surface area contributed by atoms with E-state index in [2.05, 4.69) is 10.2 Å². The van der Waals surface area contributed by atoms with Gasteiger partial charge in [-0.15, -0.1) is 0 Å². The van der Waals surface area contributed by atoms with Crippen LogP contribution < -0.4 is 10.2 Å². The standard InChI is InChI=1S/C13H21N3O2S/c1-15(2)19(17,18)13-7-5-4-6-12(13)16(3)11-8-9-14-10-11/h4-7,11,14H,8-10H2,1-3H3. The molecule has 19 heavy (non-hydrogen) atoms. The van der Waals surface area contributed by atoms with E-state index < -0.39 is 10.0 Å². The third-order valence-corrected chi connectivity index (χ3v) is 5.45. The fraction of sp³-hybridized carbons (Fsp3) is 0.538. The molecule has 1 aromatic carbocycles. The lowest BCUT2D eigenvalue weighted by Gasteiger charge is -2.28. The van der Waals surface area contributed by atoms with Crippen LogP contribution in [0.4, 0.5) is 5.69 Å². The maximum atomic E-state index is 12.4. The Morgan fingerprint density at radius 1 is 1.21 bits per heavy atom. The van der Waals surface area contributed by atoms with E-state index in [1.54, 1.807) is 26.2 Å². The highest BCUT2D eigenvalue weighted by Gasteiger charge is 2.26. The van der Waals surface area contributed by atoms with Crippen molar-refractivity contribution in [3.05, 3.63) is 24.3 Å². The van der Waals surface area contributed by atoms with Crippen LogP contribution in [0.15, 0.2) is 29.2 Å². The Morgan fingerprint density at radius 2 is 1.89 bits per heavy atom. The molecule has 1 aromatic rings. The molecule has 1 saturated heterocycles. The first kappa shape index (κ1) is 14.3. The van der Waals surface area contributed by atoms with E-state index >= 15 is 0 Å². The van der Waals surface area contributed by atoms with Gasteiger partial charge in [0.1, 0.15) is 4.90 Å². The minimum absolute atomic E-state index is 0.346. The average molecular weight is 283 g/mol. The topological polar surface area (TPSA) is 52.7 Å². The van der Waals surface area contributed by atoms with E-state index in [4.69, 9.17) is 0 Å². The van der Waals surface area contributed by atoms with Gasteiger partial charge in [-0.3, -0.25) is 0 Å². The normalized spacial score (nSPS) is 19.9. The third-order valence-electron chi connectivity index (χ3n) is 3.59. The molecule has 1 aliphatic heterocycles. The van der Waals surface area contributed by atoms with Crippen LogP contribution in [-0.2, 0) is 10.0 Å². The van der Waals surface area contributed by atoms with Crippen molar-refractivity contribution in [2.24, 2.45) is 0 Å². The van der Waals surface area contributed by atoms with Gasteiger partial charge in [-0.2, -0.15) is 0 Å². The number of anilines is 1. The van der Waals surface area contributed by atoms with Gasteiger partial charge in [0.25, 0.3) is 0 Å². The summed E-state index contributed by atoms with van der Waals surface area (Å²) >= 11 is 0. The molecular formula is C13H21N3O2S. The van der Waals surface area contributed by atoms with Crippen LogP contribution in [0.25, 0.3) is 0 Å². The lowest BCUT2D eigenvalue weighted by atomic mass is 10.2. The van der Waals surface area contributed by atoms with E-state index in [9.17, 15) is 8.42 Å². The molecule has 1 N–H and O–H groups in total. The number of nitrogens with one attached hydrogen (secondary N) is 1. The van der Waals surface area contributed by atoms with Crippen LogP contribution in [-0.4, -0.2) is 53.0 Å². The highest BCUT2D eigenvalue weighted by molar-refractivity contribution is 7.89. The van der Waals surface area contributed by atoms with E-state index in [1.807, 2.05) is 19.2 Å². The molecule has 0 spiro atoms. The van der Waals surface area contributed by atoms with Crippen LogP contribution in [0.3, 0.4) is 0 Å². The SMILES string of the molecule is CN(c1ccccc1S(=O)(=O)N(C)C)C1CCNC1. The Bertz CT molecular complexity index is 537. The number of sulfonamides is 1. The van der Waals surface area contributed by atoms with Crippen molar-refractivity contribution >= 4 is 15.7 Å². The molecule has 2 rings (SSSR count). The zero-order valence-corrected chi connectivity index (χ0v) is 12.4. The van der Waals surface area contributed by atoms with Crippen molar-refractivity contribution in [2.75, 3.05) is 39.1 Å². The van der Waals surface area contributed by atoms with Crippen LogP contribution in [0.1, 0.15) is 6.42 Å². The predicted octanol–water partition coefficient (Wildman–Crippen LogP) is 0.735. The molecule has 1 fully saturated rings. The summed E-state index contributed by atoms with van der Waals surface area (Å²) in [6.07, 6.45) is 1.03. The van der Waals surface area contributed by atoms with Crippen molar-refractivity contribution in [1.29, 1.82) is 0 Å². The lowest BCUT2D eigenvalue weighted by molar-refractivity contribution is 0.520. The highest BCUT2D eigenvalue weighted by atomic mass is 32.2. The number of hydrogen-bond acceptors (Lipinski definition) is 4. The summed E-state index contributed by atoms with van der Waals surface area (Å²) in [5.74, 6) is 0. The Morgan fingerprint density at radius 3 is 2.47 bits per heavy atom. The largest absolute Gasteiger partial charge is 0.369 e. The summed E-state index contributed by atoms with van der Waals surface area (Å²) in [5.41, 5.74) is 0.768. The zero-order chi connectivity index (χ0) is 14.0. The molecule has 0 bridgehead atoms. The number of para-hydroxylation sites is 1. The molecule has 106 valence electrons. The number of likely N-dealkylation sites (N-methyl/N-ethyl adjacent to an activating group) is 1. The molecular weight excluding hydrogens is 262 g/mol. The van der Waals surface area contributed by atoms with E-state index in [0.717, 1.165) is 25.2 Å². The fourth-order valence-corrected chi connectivity index (χ4v) is 3.45. The number of benzene rings is 1. The smallest absolute Gasteiger partial charge is 0.244 e. The molecule has 0 radical (unpaired) electrons. The molecule has 6 heteroatoms. The Kier molecular flexibility index (Phi) is 4.13. The van der Waals surface area contributed by atoms with Crippen molar-refractivity contribution in [2.45, 2.75) is 17.4 Å². The van der Waals surface area contributed by atoms with Gasteiger partial charge in [0.2, 0.25) is 10.0 Å². The summed E-state index contributed by atoms with van der Waals surface area (Å²) in [4.78, 5) is 2.44. The molecule has 0 aliphatic carbocycles. The van der Waals surface area contributed by atoms with Crippen molar-refractivity contribution in [1.82, 2.24) is 9.62 Å². The van der Waals surface area contributed by atoms with Gasteiger partial charge in [0, 0.05) is 33.7 Å². The summed E-state index contributed by atoms with van der Waals surface area (Å²) in [6.45, 7) is 1.88. The van der Waals surface area contributed by atoms with Crippen LogP contribution in [0.2, 0.25) is 0 Å². The molecule has 1 heterocycles. The van der Waals surface area contributed by atoms with Gasteiger partial charge < -0.3 is 10.2 Å². The third kappa shape index (κ3) is 2.75. The van der Waals surface area contributed by atoms with Gasteiger partial charge in [-0.05, 0) is 25.1 Å². The second kappa shape index (κ2) is 5.48. The summed E-state index contributed by atoms with van der Waals surface area (Å²) in [7, 11) is 1.67. The van der Waals surface area contributed by atoms with Crippen molar-refractivity contribution in [3.63, 3.8) is 0 Å². The molecule has 1 aliphatic rings. The lowest BCUT2D eigenvalue weighted by Crippen LogP contribution is -2.35. The van der Waals surface area contributed by atoms with E-state index in [1.165, 1.54) is 4.31 Å². The number of nitrogens with zero attached hydrogens (tertiary/aromatic N) is 2.